The second kappa shape index (κ2) is 13.4. The highest BCUT2D eigenvalue weighted by Crippen LogP contribution is 2.62. The van der Waals surface area contributed by atoms with Crippen LogP contribution in [0.2, 0.25) is 0 Å². The molecule has 9 aromatic carbocycles. The van der Waals surface area contributed by atoms with E-state index in [9.17, 15) is 0 Å². The topological polar surface area (TPSA) is 12.5 Å². The first-order valence-electron chi connectivity index (χ1n) is 19.6. The quantitative estimate of drug-likeness (QED) is 0.169. The number of anilines is 3. The van der Waals surface area contributed by atoms with Crippen LogP contribution in [0.15, 0.2) is 224 Å². The summed E-state index contributed by atoms with van der Waals surface area (Å²) in [5, 5.41) is 0. The second-order valence-electron chi connectivity index (χ2n) is 14.8. The fourth-order valence-corrected chi connectivity index (χ4v) is 9.30. The molecule has 2 aliphatic rings. The van der Waals surface area contributed by atoms with Crippen LogP contribution in [0, 0.1) is 0 Å². The van der Waals surface area contributed by atoms with Crippen LogP contribution in [0.4, 0.5) is 17.1 Å². The van der Waals surface area contributed by atoms with Crippen molar-refractivity contribution in [1.82, 2.24) is 0 Å². The fourth-order valence-electron chi connectivity index (χ4n) is 9.30. The molecule has 0 atom stereocenters. The average Bonchev–Trinajstić information content (AvgIpc) is 3.57. The van der Waals surface area contributed by atoms with Crippen molar-refractivity contribution in [3.63, 3.8) is 0 Å². The number of para-hydroxylation sites is 3. The SMILES string of the molecule is c1ccc(-c2ccccc2-c2cccc(N(c3ccccc3)c3cccc(-c4ccc5c(c4)-c4ccccc4C54c5ccccc5Oc5ccccc54)c3)c2)cc1. The molecule has 0 saturated heterocycles. The summed E-state index contributed by atoms with van der Waals surface area (Å²) in [6.07, 6.45) is 0. The van der Waals surface area contributed by atoms with Gasteiger partial charge in [-0.1, -0.05) is 170 Å². The van der Waals surface area contributed by atoms with Crippen LogP contribution >= 0.6 is 0 Å². The summed E-state index contributed by atoms with van der Waals surface area (Å²) < 4.78 is 6.55. The molecule has 11 rings (SSSR count). The Morgan fingerprint density at radius 3 is 1.42 bits per heavy atom. The summed E-state index contributed by atoms with van der Waals surface area (Å²) in [7, 11) is 0. The van der Waals surface area contributed by atoms with Crippen LogP contribution in [0.3, 0.4) is 0 Å². The van der Waals surface area contributed by atoms with Gasteiger partial charge in [0.2, 0.25) is 0 Å². The summed E-state index contributed by atoms with van der Waals surface area (Å²) >= 11 is 0. The number of fused-ring (bicyclic) bond motifs is 9. The zero-order valence-electron chi connectivity index (χ0n) is 31.2. The van der Waals surface area contributed by atoms with Gasteiger partial charge in [-0.15, -0.1) is 0 Å². The van der Waals surface area contributed by atoms with Gasteiger partial charge in [0.15, 0.2) is 0 Å². The van der Waals surface area contributed by atoms with Gasteiger partial charge < -0.3 is 9.64 Å². The molecule has 2 heteroatoms. The van der Waals surface area contributed by atoms with Crippen molar-refractivity contribution in [2.24, 2.45) is 0 Å². The average molecular weight is 728 g/mol. The molecule has 0 N–H and O–H groups in total. The third-order valence-corrected chi connectivity index (χ3v) is 11.7. The number of benzene rings is 9. The van der Waals surface area contributed by atoms with E-state index >= 15 is 0 Å². The molecule has 1 spiro atoms. The Bertz CT molecular complexity index is 2900. The minimum absolute atomic E-state index is 0.480. The summed E-state index contributed by atoms with van der Waals surface area (Å²) in [4.78, 5) is 2.37. The van der Waals surface area contributed by atoms with Gasteiger partial charge in [0.1, 0.15) is 11.5 Å². The Labute approximate surface area is 333 Å². The first kappa shape index (κ1) is 33.0. The maximum absolute atomic E-state index is 6.55. The molecule has 1 aliphatic carbocycles. The maximum Gasteiger partial charge on any atom is 0.132 e. The molecule has 0 fully saturated rings. The Hall–Kier alpha value is -7.42. The highest BCUT2D eigenvalue weighted by Gasteiger charge is 2.50. The lowest BCUT2D eigenvalue weighted by Gasteiger charge is -2.39. The van der Waals surface area contributed by atoms with Gasteiger partial charge in [0, 0.05) is 28.2 Å². The fraction of sp³-hybridized carbons (Fsp3) is 0.0182. The van der Waals surface area contributed by atoms with E-state index in [-0.39, 0.29) is 0 Å². The van der Waals surface area contributed by atoms with Crippen molar-refractivity contribution in [2.45, 2.75) is 5.41 Å². The van der Waals surface area contributed by atoms with Crippen LogP contribution in [-0.4, -0.2) is 0 Å². The molecule has 0 saturated carbocycles. The molecular formula is C55H37NO. The lowest BCUT2D eigenvalue weighted by Crippen LogP contribution is -2.32. The van der Waals surface area contributed by atoms with E-state index in [2.05, 4.69) is 229 Å². The first-order chi connectivity index (χ1) is 28.3. The second-order valence-corrected chi connectivity index (χ2v) is 14.8. The van der Waals surface area contributed by atoms with Crippen molar-refractivity contribution in [2.75, 3.05) is 4.90 Å². The first-order valence-corrected chi connectivity index (χ1v) is 19.6. The number of hydrogen-bond donors (Lipinski definition) is 0. The minimum Gasteiger partial charge on any atom is -0.457 e. The molecule has 0 radical (unpaired) electrons. The number of rotatable bonds is 6. The highest BCUT2D eigenvalue weighted by molar-refractivity contribution is 5.92. The zero-order valence-corrected chi connectivity index (χ0v) is 31.2. The van der Waals surface area contributed by atoms with Gasteiger partial charge in [-0.3, -0.25) is 0 Å². The van der Waals surface area contributed by atoms with Crippen molar-refractivity contribution in [3.05, 3.63) is 247 Å². The Balaban J connectivity index is 1.05. The van der Waals surface area contributed by atoms with Gasteiger partial charge in [-0.05, 0) is 110 Å². The van der Waals surface area contributed by atoms with E-state index in [0.29, 0.717) is 0 Å². The Morgan fingerprint density at radius 2 is 0.737 bits per heavy atom. The summed E-state index contributed by atoms with van der Waals surface area (Å²) in [6, 6.07) is 81.0. The van der Waals surface area contributed by atoms with E-state index < -0.39 is 5.41 Å². The Kier molecular flexibility index (Phi) is 7.75. The number of nitrogens with zero attached hydrogens (tertiary/aromatic N) is 1. The van der Waals surface area contributed by atoms with Crippen LogP contribution in [0.1, 0.15) is 22.3 Å². The lowest BCUT2D eigenvalue weighted by molar-refractivity contribution is 0.436. The van der Waals surface area contributed by atoms with Crippen LogP contribution in [0.5, 0.6) is 11.5 Å². The third-order valence-electron chi connectivity index (χ3n) is 11.7. The summed E-state index contributed by atoms with van der Waals surface area (Å²) in [6.45, 7) is 0. The molecule has 2 nitrogen and oxygen atoms in total. The van der Waals surface area contributed by atoms with Crippen LogP contribution in [0.25, 0.3) is 44.5 Å². The van der Waals surface area contributed by atoms with Gasteiger partial charge >= 0.3 is 0 Å². The van der Waals surface area contributed by atoms with Gasteiger partial charge in [-0.25, -0.2) is 0 Å². The standard InChI is InChI=1S/C55H37NO/c1-3-17-38(18-4-1)45-25-7-8-26-46(45)41-20-16-24-44(36-41)56(42-21-5-2-6-22-42)43-23-15-19-39(35-43)40-33-34-50-48(37-40)47-27-9-10-28-49(47)55(50)51-29-11-13-31-53(51)57-54-32-14-12-30-52(54)55/h1-37H. The van der Waals surface area contributed by atoms with Gasteiger partial charge in [0.25, 0.3) is 0 Å². The van der Waals surface area contributed by atoms with Crippen LogP contribution in [-0.2, 0) is 5.41 Å². The van der Waals surface area contributed by atoms with Crippen LogP contribution < -0.4 is 9.64 Å². The molecule has 1 heterocycles. The monoisotopic (exact) mass is 727 g/mol. The minimum atomic E-state index is -0.480. The zero-order chi connectivity index (χ0) is 37.8. The van der Waals surface area contributed by atoms with E-state index in [1.807, 2.05) is 0 Å². The third kappa shape index (κ3) is 5.26. The molecule has 0 amide bonds. The smallest absolute Gasteiger partial charge is 0.132 e. The largest absolute Gasteiger partial charge is 0.457 e. The normalized spacial score (nSPS) is 12.8. The lowest BCUT2D eigenvalue weighted by atomic mass is 9.66. The van der Waals surface area contributed by atoms with E-state index in [1.165, 1.54) is 61.2 Å². The molecular weight excluding hydrogens is 691 g/mol. The molecule has 0 aromatic heterocycles. The highest BCUT2D eigenvalue weighted by atomic mass is 16.5. The predicted octanol–water partition coefficient (Wildman–Crippen LogP) is 14.6. The summed E-state index contributed by atoms with van der Waals surface area (Å²) in [5.41, 5.74) is 17.4. The summed E-state index contributed by atoms with van der Waals surface area (Å²) in [5.74, 6) is 1.81. The van der Waals surface area contributed by atoms with E-state index in [0.717, 1.165) is 34.1 Å². The molecule has 0 unspecified atom stereocenters. The van der Waals surface area contributed by atoms with Crippen molar-refractivity contribution in [3.8, 4) is 56.0 Å². The predicted molar refractivity (Wildman–Crippen MR) is 235 cm³/mol. The molecule has 0 bridgehead atoms. The van der Waals surface area contributed by atoms with Crippen molar-refractivity contribution < 1.29 is 4.74 Å². The van der Waals surface area contributed by atoms with E-state index in [1.54, 1.807) is 0 Å². The Morgan fingerprint density at radius 1 is 0.281 bits per heavy atom. The molecule has 9 aromatic rings. The maximum atomic E-state index is 6.55. The molecule has 268 valence electrons. The van der Waals surface area contributed by atoms with E-state index in [4.69, 9.17) is 4.74 Å². The van der Waals surface area contributed by atoms with Gasteiger partial charge in [0.05, 0.1) is 5.41 Å². The molecule has 1 aliphatic heterocycles. The molecule has 57 heavy (non-hydrogen) atoms. The van der Waals surface area contributed by atoms with Crippen molar-refractivity contribution >= 4 is 17.1 Å². The number of ether oxygens (including phenoxy) is 1. The van der Waals surface area contributed by atoms with Gasteiger partial charge in [-0.2, -0.15) is 0 Å². The number of hydrogen-bond acceptors (Lipinski definition) is 2. The van der Waals surface area contributed by atoms with Crippen molar-refractivity contribution in [1.29, 1.82) is 0 Å².